The Morgan fingerprint density at radius 2 is 1.91 bits per heavy atom. The highest BCUT2D eigenvalue weighted by atomic mass is 35.5. The van der Waals surface area contributed by atoms with Crippen LogP contribution in [0, 0.1) is 0 Å². The first-order valence-electron chi connectivity index (χ1n) is 6.45. The minimum Gasteiger partial charge on any atom is -0.352 e. The fraction of sp³-hybridized carbons (Fsp3) is 0.133. The molecule has 2 N–H and O–H groups in total. The molecule has 5 nitrogen and oxygen atoms in total. The summed E-state index contributed by atoms with van der Waals surface area (Å²) in [6.07, 6.45) is 3.02. The van der Waals surface area contributed by atoms with Crippen LogP contribution in [0.4, 0.5) is 5.69 Å². The number of halogens is 2. The van der Waals surface area contributed by atoms with Crippen LogP contribution < -0.4 is 10.6 Å². The van der Waals surface area contributed by atoms with Gasteiger partial charge in [-0.25, -0.2) is 0 Å². The second kappa shape index (κ2) is 7.77. The van der Waals surface area contributed by atoms with Crippen LogP contribution >= 0.6 is 23.2 Å². The van der Waals surface area contributed by atoms with E-state index in [0.717, 1.165) is 5.56 Å². The second-order valence-corrected chi connectivity index (χ2v) is 5.31. The van der Waals surface area contributed by atoms with Gasteiger partial charge in [0.05, 0.1) is 10.0 Å². The van der Waals surface area contributed by atoms with Gasteiger partial charge in [0.2, 0.25) is 11.8 Å². The van der Waals surface area contributed by atoms with E-state index in [1.165, 1.54) is 6.07 Å². The van der Waals surface area contributed by atoms with Crippen LogP contribution in [-0.2, 0) is 16.1 Å². The number of pyridine rings is 1. The molecule has 0 spiro atoms. The normalized spacial score (nSPS) is 10.1. The monoisotopic (exact) mass is 337 g/mol. The molecule has 0 fully saturated rings. The minimum atomic E-state index is -0.429. The number of rotatable bonds is 5. The van der Waals surface area contributed by atoms with Crippen LogP contribution in [0.15, 0.2) is 42.7 Å². The zero-order chi connectivity index (χ0) is 15.9. The summed E-state index contributed by atoms with van der Waals surface area (Å²) in [6.45, 7) is 0.326. The number of nitrogens with one attached hydrogen (secondary N) is 2. The van der Waals surface area contributed by atoms with Crippen LogP contribution in [0.5, 0.6) is 0 Å². The lowest BCUT2D eigenvalue weighted by Gasteiger charge is -2.07. The average Bonchev–Trinajstić information content (AvgIpc) is 2.50. The summed E-state index contributed by atoms with van der Waals surface area (Å²) in [7, 11) is 0. The standard InChI is InChI=1S/C15H13Cl2N3O2/c16-12-4-3-11(6-13(12)17)20-15(22)7-14(21)19-9-10-2-1-5-18-8-10/h1-6,8H,7,9H2,(H,19,21)(H,20,22). The maximum absolute atomic E-state index is 11.8. The molecule has 0 saturated heterocycles. The first-order valence-corrected chi connectivity index (χ1v) is 7.20. The Labute approximate surface area is 137 Å². The van der Waals surface area contributed by atoms with E-state index in [1.54, 1.807) is 30.6 Å². The number of hydrogen-bond donors (Lipinski definition) is 2. The predicted octanol–water partition coefficient (Wildman–Crippen LogP) is 3.03. The van der Waals surface area contributed by atoms with Crippen molar-refractivity contribution in [2.75, 3.05) is 5.32 Å². The van der Waals surface area contributed by atoms with Gasteiger partial charge in [0.15, 0.2) is 0 Å². The average molecular weight is 338 g/mol. The second-order valence-electron chi connectivity index (χ2n) is 4.49. The summed E-state index contributed by atoms with van der Waals surface area (Å²) in [5.41, 5.74) is 1.35. The lowest BCUT2D eigenvalue weighted by molar-refractivity contribution is -0.126. The highest BCUT2D eigenvalue weighted by Crippen LogP contribution is 2.24. The molecule has 0 bridgehead atoms. The van der Waals surface area contributed by atoms with Crippen LogP contribution in [0.3, 0.4) is 0 Å². The van der Waals surface area contributed by atoms with Crippen molar-refractivity contribution >= 4 is 40.7 Å². The molecule has 2 rings (SSSR count). The quantitative estimate of drug-likeness (QED) is 0.823. The summed E-state index contributed by atoms with van der Waals surface area (Å²) < 4.78 is 0. The van der Waals surface area contributed by atoms with Crippen molar-refractivity contribution in [3.8, 4) is 0 Å². The number of anilines is 1. The smallest absolute Gasteiger partial charge is 0.233 e. The summed E-state index contributed by atoms with van der Waals surface area (Å²) in [5.74, 6) is -0.802. The fourth-order valence-electron chi connectivity index (χ4n) is 1.69. The van der Waals surface area contributed by atoms with E-state index in [0.29, 0.717) is 22.3 Å². The van der Waals surface area contributed by atoms with Crippen molar-refractivity contribution in [3.05, 3.63) is 58.3 Å². The lowest BCUT2D eigenvalue weighted by atomic mass is 10.2. The number of benzene rings is 1. The lowest BCUT2D eigenvalue weighted by Crippen LogP contribution is -2.27. The minimum absolute atomic E-state index is 0.277. The molecule has 0 aliphatic rings. The molecule has 1 aromatic heterocycles. The van der Waals surface area contributed by atoms with Gasteiger partial charge < -0.3 is 10.6 Å². The Balaban J connectivity index is 1.81. The van der Waals surface area contributed by atoms with Crippen molar-refractivity contribution in [2.45, 2.75) is 13.0 Å². The van der Waals surface area contributed by atoms with E-state index >= 15 is 0 Å². The van der Waals surface area contributed by atoms with Gasteiger partial charge in [-0.2, -0.15) is 0 Å². The molecule has 2 amide bonds. The van der Waals surface area contributed by atoms with Crippen molar-refractivity contribution in [1.29, 1.82) is 0 Å². The summed E-state index contributed by atoms with van der Waals surface area (Å²) in [6, 6.07) is 8.32. The first-order chi connectivity index (χ1) is 10.5. The molecule has 0 unspecified atom stereocenters. The molecule has 0 aliphatic heterocycles. The number of aromatic nitrogens is 1. The van der Waals surface area contributed by atoms with Crippen LogP contribution in [0.2, 0.25) is 10.0 Å². The largest absolute Gasteiger partial charge is 0.352 e. The van der Waals surface area contributed by atoms with Crippen molar-refractivity contribution < 1.29 is 9.59 Å². The third-order valence-corrected chi connectivity index (χ3v) is 3.48. The highest BCUT2D eigenvalue weighted by molar-refractivity contribution is 6.42. The first kappa shape index (κ1) is 16.3. The van der Waals surface area contributed by atoms with Crippen molar-refractivity contribution in [2.24, 2.45) is 0 Å². The van der Waals surface area contributed by atoms with Crippen molar-refractivity contribution in [3.63, 3.8) is 0 Å². The van der Waals surface area contributed by atoms with E-state index in [4.69, 9.17) is 23.2 Å². The third-order valence-electron chi connectivity index (χ3n) is 2.74. The molecule has 2 aromatic rings. The summed E-state index contributed by atoms with van der Waals surface area (Å²) >= 11 is 11.6. The molecule has 0 saturated carbocycles. The maximum atomic E-state index is 11.8. The number of carbonyl (C=O) groups is 2. The fourth-order valence-corrected chi connectivity index (χ4v) is 1.99. The van der Waals surface area contributed by atoms with E-state index in [9.17, 15) is 9.59 Å². The van der Waals surface area contributed by atoms with Crippen molar-refractivity contribution in [1.82, 2.24) is 10.3 Å². The molecule has 1 aromatic carbocycles. The van der Waals surface area contributed by atoms with E-state index in [1.807, 2.05) is 6.07 Å². The SMILES string of the molecule is O=C(CC(=O)Nc1ccc(Cl)c(Cl)c1)NCc1cccnc1. The van der Waals surface area contributed by atoms with Crippen LogP contribution in [0.25, 0.3) is 0 Å². The molecular formula is C15H13Cl2N3O2. The number of nitrogens with zero attached hydrogens (tertiary/aromatic N) is 1. The zero-order valence-electron chi connectivity index (χ0n) is 11.5. The Hall–Kier alpha value is -2.11. The summed E-state index contributed by atoms with van der Waals surface area (Å²) in [4.78, 5) is 27.4. The molecule has 0 radical (unpaired) electrons. The zero-order valence-corrected chi connectivity index (χ0v) is 13.0. The predicted molar refractivity (Wildman–Crippen MR) is 85.8 cm³/mol. The Kier molecular flexibility index (Phi) is 5.75. The van der Waals surface area contributed by atoms with Gasteiger partial charge in [0, 0.05) is 24.6 Å². The van der Waals surface area contributed by atoms with Gasteiger partial charge in [0.25, 0.3) is 0 Å². The van der Waals surface area contributed by atoms with E-state index in [2.05, 4.69) is 15.6 Å². The number of amides is 2. The number of carbonyl (C=O) groups excluding carboxylic acids is 2. The maximum Gasteiger partial charge on any atom is 0.233 e. The van der Waals surface area contributed by atoms with Gasteiger partial charge in [-0.3, -0.25) is 14.6 Å². The van der Waals surface area contributed by atoms with Crippen LogP contribution in [0.1, 0.15) is 12.0 Å². The van der Waals surface area contributed by atoms with E-state index in [-0.39, 0.29) is 12.3 Å². The van der Waals surface area contributed by atoms with Gasteiger partial charge in [0.1, 0.15) is 6.42 Å². The summed E-state index contributed by atoms with van der Waals surface area (Å²) in [5, 5.41) is 5.96. The highest BCUT2D eigenvalue weighted by Gasteiger charge is 2.10. The topological polar surface area (TPSA) is 71.1 Å². The molecule has 22 heavy (non-hydrogen) atoms. The molecule has 114 valence electrons. The molecular weight excluding hydrogens is 325 g/mol. The Bertz CT molecular complexity index is 678. The Morgan fingerprint density at radius 3 is 2.59 bits per heavy atom. The molecule has 0 atom stereocenters. The Morgan fingerprint density at radius 1 is 1.09 bits per heavy atom. The molecule has 7 heteroatoms. The van der Waals surface area contributed by atoms with Gasteiger partial charge in [-0.15, -0.1) is 0 Å². The van der Waals surface area contributed by atoms with E-state index < -0.39 is 5.91 Å². The third kappa shape index (κ3) is 5.02. The van der Waals surface area contributed by atoms with Crippen LogP contribution in [-0.4, -0.2) is 16.8 Å². The van der Waals surface area contributed by atoms with Gasteiger partial charge >= 0.3 is 0 Å². The van der Waals surface area contributed by atoms with Gasteiger partial charge in [-0.05, 0) is 29.8 Å². The van der Waals surface area contributed by atoms with Gasteiger partial charge in [-0.1, -0.05) is 29.3 Å². The molecule has 1 heterocycles. The number of hydrogen-bond acceptors (Lipinski definition) is 3. The molecule has 0 aliphatic carbocycles.